The first-order valence-electron chi connectivity index (χ1n) is 5.82. The van der Waals surface area contributed by atoms with Crippen molar-refractivity contribution in [1.82, 2.24) is 4.72 Å². The van der Waals surface area contributed by atoms with E-state index in [4.69, 9.17) is 28.3 Å². The molecule has 0 heterocycles. The van der Waals surface area contributed by atoms with Crippen molar-refractivity contribution in [2.75, 3.05) is 0 Å². The van der Waals surface area contributed by atoms with Gasteiger partial charge in [-0.15, -0.1) is 0 Å². The smallest absolute Gasteiger partial charge is 0.304 e. The summed E-state index contributed by atoms with van der Waals surface area (Å²) < 4.78 is 26.7. The predicted molar refractivity (Wildman–Crippen MR) is 77.7 cm³/mol. The molecule has 0 aromatic heterocycles. The zero-order chi connectivity index (χ0) is 15.5. The van der Waals surface area contributed by atoms with Gasteiger partial charge in [-0.2, -0.15) is 0 Å². The van der Waals surface area contributed by atoms with Crippen molar-refractivity contribution in [2.45, 2.75) is 31.2 Å². The van der Waals surface area contributed by atoms with Gasteiger partial charge in [0.25, 0.3) is 0 Å². The van der Waals surface area contributed by atoms with E-state index >= 15 is 0 Å². The van der Waals surface area contributed by atoms with Crippen molar-refractivity contribution in [3.05, 3.63) is 28.2 Å². The van der Waals surface area contributed by atoms with Gasteiger partial charge in [-0.3, -0.25) is 4.79 Å². The number of sulfonamides is 1. The molecule has 1 rings (SSSR count). The Hall–Kier alpha value is -0.820. The highest BCUT2D eigenvalue weighted by atomic mass is 35.5. The summed E-state index contributed by atoms with van der Waals surface area (Å²) in [6.45, 7) is 3.48. The highest BCUT2D eigenvalue weighted by Gasteiger charge is 2.25. The molecule has 8 heteroatoms. The van der Waals surface area contributed by atoms with Crippen molar-refractivity contribution in [3.8, 4) is 0 Å². The number of carbonyl (C=O) groups is 1. The Morgan fingerprint density at radius 1 is 1.30 bits per heavy atom. The fourth-order valence-corrected chi connectivity index (χ4v) is 3.29. The highest BCUT2D eigenvalue weighted by Crippen LogP contribution is 2.25. The van der Waals surface area contributed by atoms with Crippen LogP contribution in [0.1, 0.15) is 20.3 Å². The summed E-state index contributed by atoms with van der Waals surface area (Å²) in [4.78, 5) is 10.7. The molecule has 1 aromatic rings. The van der Waals surface area contributed by atoms with Crippen molar-refractivity contribution < 1.29 is 18.3 Å². The van der Waals surface area contributed by atoms with E-state index in [9.17, 15) is 13.2 Å². The van der Waals surface area contributed by atoms with Crippen LogP contribution in [0.3, 0.4) is 0 Å². The summed E-state index contributed by atoms with van der Waals surface area (Å²) >= 11 is 11.5. The van der Waals surface area contributed by atoms with E-state index < -0.39 is 22.0 Å². The van der Waals surface area contributed by atoms with Crippen molar-refractivity contribution in [1.29, 1.82) is 0 Å². The summed E-state index contributed by atoms with van der Waals surface area (Å²) in [6.07, 6.45) is -0.293. The summed E-state index contributed by atoms with van der Waals surface area (Å²) in [5, 5.41) is 9.17. The molecule has 20 heavy (non-hydrogen) atoms. The lowest BCUT2D eigenvalue weighted by Gasteiger charge is -2.20. The maximum Gasteiger partial charge on any atom is 0.304 e. The zero-order valence-corrected chi connectivity index (χ0v) is 13.3. The van der Waals surface area contributed by atoms with Gasteiger partial charge in [0.2, 0.25) is 10.0 Å². The number of benzene rings is 1. The van der Waals surface area contributed by atoms with Gasteiger partial charge < -0.3 is 5.11 Å². The van der Waals surface area contributed by atoms with Gasteiger partial charge >= 0.3 is 5.97 Å². The number of carboxylic acid groups (broad SMARTS) is 1. The molecule has 0 spiro atoms. The van der Waals surface area contributed by atoms with Crippen LogP contribution < -0.4 is 4.72 Å². The van der Waals surface area contributed by atoms with Gasteiger partial charge in [-0.05, 0) is 24.1 Å². The van der Waals surface area contributed by atoms with E-state index in [1.807, 2.05) is 0 Å². The third-order valence-electron chi connectivity index (χ3n) is 2.71. The Kier molecular flexibility index (Phi) is 5.82. The highest BCUT2D eigenvalue weighted by molar-refractivity contribution is 7.89. The van der Waals surface area contributed by atoms with Crippen LogP contribution >= 0.6 is 23.2 Å². The lowest BCUT2D eigenvalue weighted by atomic mass is 10.0. The largest absolute Gasteiger partial charge is 0.481 e. The molecule has 5 nitrogen and oxygen atoms in total. The minimum Gasteiger partial charge on any atom is -0.481 e. The maximum atomic E-state index is 12.2. The van der Waals surface area contributed by atoms with Crippen LogP contribution in [-0.4, -0.2) is 25.5 Å². The average molecular weight is 340 g/mol. The standard InChI is InChI=1S/C12H15Cl2NO4S/c1-7(2)11(6-12(16)17)15-20(18,19)8-3-4-9(13)10(14)5-8/h3-5,7,11,15H,6H2,1-2H3,(H,16,17). The summed E-state index contributed by atoms with van der Waals surface area (Å²) in [7, 11) is -3.85. The topological polar surface area (TPSA) is 83.5 Å². The van der Waals surface area contributed by atoms with Gasteiger partial charge in [0, 0.05) is 6.04 Å². The zero-order valence-electron chi connectivity index (χ0n) is 10.9. The molecule has 0 aliphatic heterocycles. The van der Waals surface area contributed by atoms with E-state index in [-0.39, 0.29) is 27.3 Å². The summed E-state index contributed by atoms with van der Waals surface area (Å²) in [5.41, 5.74) is 0. The van der Waals surface area contributed by atoms with Crippen LogP contribution in [-0.2, 0) is 14.8 Å². The molecule has 112 valence electrons. The molecule has 0 aliphatic rings. The van der Waals surface area contributed by atoms with Gasteiger partial charge in [-0.1, -0.05) is 37.0 Å². The Morgan fingerprint density at radius 3 is 2.35 bits per heavy atom. The van der Waals surface area contributed by atoms with Crippen LogP contribution in [0.25, 0.3) is 0 Å². The second-order valence-corrected chi connectivity index (χ2v) is 7.17. The second-order valence-electron chi connectivity index (χ2n) is 4.65. The van der Waals surface area contributed by atoms with Crippen molar-refractivity contribution in [3.63, 3.8) is 0 Å². The first-order chi connectivity index (χ1) is 9.13. The lowest BCUT2D eigenvalue weighted by molar-refractivity contribution is -0.137. The van der Waals surface area contributed by atoms with Gasteiger partial charge in [-0.25, -0.2) is 13.1 Å². The summed E-state index contributed by atoms with van der Waals surface area (Å²) in [6, 6.07) is 3.21. The maximum absolute atomic E-state index is 12.2. The van der Waals surface area contributed by atoms with Gasteiger partial charge in [0.1, 0.15) is 0 Å². The van der Waals surface area contributed by atoms with Crippen LogP contribution in [0, 0.1) is 5.92 Å². The predicted octanol–water partition coefficient (Wildman–Crippen LogP) is 2.77. The molecule has 2 N–H and O–H groups in total. The lowest BCUT2D eigenvalue weighted by Crippen LogP contribution is -2.40. The number of carboxylic acids is 1. The number of aliphatic carboxylic acids is 1. The molecule has 1 aromatic carbocycles. The SMILES string of the molecule is CC(C)C(CC(=O)O)NS(=O)(=O)c1ccc(Cl)c(Cl)c1. The number of halogens is 2. The van der Waals surface area contributed by atoms with Crippen LogP contribution in [0.5, 0.6) is 0 Å². The second kappa shape index (κ2) is 6.76. The van der Waals surface area contributed by atoms with Gasteiger partial charge in [0.15, 0.2) is 0 Å². The Labute approximate surface area is 127 Å². The van der Waals surface area contributed by atoms with Crippen LogP contribution in [0.2, 0.25) is 10.0 Å². The van der Waals surface area contributed by atoms with E-state index in [0.29, 0.717) is 0 Å². The fourth-order valence-electron chi connectivity index (χ4n) is 1.51. The normalized spacial score (nSPS) is 13.4. The molecule has 0 bridgehead atoms. The molecular weight excluding hydrogens is 325 g/mol. The van der Waals surface area contributed by atoms with E-state index in [1.165, 1.54) is 18.2 Å². The Bertz CT molecular complexity index is 601. The molecule has 0 fully saturated rings. The average Bonchev–Trinajstić information content (AvgIpc) is 2.30. The first kappa shape index (κ1) is 17.2. The quantitative estimate of drug-likeness (QED) is 0.834. The first-order valence-corrected chi connectivity index (χ1v) is 8.06. The van der Waals surface area contributed by atoms with E-state index in [1.54, 1.807) is 13.8 Å². The minimum atomic E-state index is -3.85. The monoisotopic (exact) mass is 339 g/mol. The van der Waals surface area contributed by atoms with E-state index in [2.05, 4.69) is 4.72 Å². The number of hydrogen-bond donors (Lipinski definition) is 2. The minimum absolute atomic E-state index is 0.0528. The molecule has 1 atom stereocenters. The molecule has 0 radical (unpaired) electrons. The molecule has 0 amide bonds. The molecular formula is C12H15Cl2NO4S. The third kappa shape index (κ3) is 4.63. The van der Waals surface area contributed by atoms with Crippen LogP contribution in [0.4, 0.5) is 0 Å². The third-order valence-corrected chi connectivity index (χ3v) is 4.93. The molecule has 0 saturated heterocycles. The number of nitrogens with one attached hydrogen (secondary N) is 1. The summed E-state index contributed by atoms with van der Waals surface area (Å²) in [5.74, 6) is -1.23. The molecule has 0 aliphatic carbocycles. The Morgan fingerprint density at radius 2 is 1.90 bits per heavy atom. The van der Waals surface area contributed by atoms with E-state index in [0.717, 1.165) is 0 Å². The fraction of sp³-hybridized carbons (Fsp3) is 0.417. The molecule has 1 unspecified atom stereocenters. The Balaban J connectivity index is 3.03. The molecule has 0 saturated carbocycles. The van der Waals surface area contributed by atoms with Crippen molar-refractivity contribution in [2.24, 2.45) is 5.92 Å². The van der Waals surface area contributed by atoms with Gasteiger partial charge in [0.05, 0.1) is 21.4 Å². The number of rotatable bonds is 6. The van der Waals surface area contributed by atoms with Crippen molar-refractivity contribution >= 4 is 39.2 Å². The number of hydrogen-bond acceptors (Lipinski definition) is 3. The van der Waals surface area contributed by atoms with Crippen LogP contribution in [0.15, 0.2) is 23.1 Å².